The summed E-state index contributed by atoms with van der Waals surface area (Å²) in [6.07, 6.45) is 0.148. The molecule has 2 aromatic carbocycles. The van der Waals surface area contributed by atoms with Crippen molar-refractivity contribution in [2.75, 3.05) is 14.2 Å². The second-order valence-corrected chi connectivity index (χ2v) is 4.84. The molecule has 5 nitrogen and oxygen atoms in total. The molecule has 0 aromatic heterocycles. The van der Waals surface area contributed by atoms with Crippen LogP contribution in [0.1, 0.15) is 23.5 Å². The van der Waals surface area contributed by atoms with Crippen LogP contribution in [-0.4, -0.2) is 25.3 Å². The summed E-state index contributed by atoms with van der Waals surface area (Å²) in [6, 6.07) is 15.1. The van der Waals surface area contributed by atoms with Crippen LogP contribution in [0.5, 0.6) is 11.5 Å². The summed E-state index contributed by atoms with van der Waals surface area (Å²) in [5, 5.41) is 8.80. The lowest BCUT2D eigenvalue weighted by Crippen LogP contribution is -2.21. The van der Waals surface area contributed by atoms with E-state index in [9.17, 15) is 4.79 Å². The zero-order valence-electron chi connectivity index (χ0n) is 12.6. The zero-order valence-corrected chi connectivity index (χ0v) is 12.6. The van der Waals surface area contributed by atoms with E-state index in [1.165, 1.54) is 0 Å². The number of hydroxylamine groups is 1. The number of methoxy groups -OCH3 is 2. The molecule has 1 amide bonds. The molecule has 2 rings (SSSR count). The molecule has 0 heterocycles. The Labute approximate surface area is 129 Å². The van der Waals surface area contributed by atoms with Gasteiger partial charge in [-0.3, -0.25) is 10.0 Å². The van der Waals surface area contributed by atoms with E-state index in [1.807, 2.05) is 48.5 Å². The van der Waals surface area contributed by atoms with Crippen LogP contribution in [0.4, 0.5) is 0 Å². The fourth-order valence-corrected chi connectivity index (χ4v) is 2.33. The van der Waals surface area contributed by atoms with Gasteiger partial charge < -0.3 is 9.47 Å². The zero-order chi connectivity index (χ0) is 15.9. The highest BCUT2D eigenvalue weighted by atomic mass is 16.5. The average Bonchev–Trinajstić information content (AvgIpc) is 2.59. The van der Waals surface area contributed by atoms with E-state index in [-0.39, 0.29) is 12.3 Å². The van der Waals surface area contributed by atoms with Gasteiger partial charge in [0.05, 0.1) is 14.2 Å². The van der Waals surface area contributed by atoms with E-state index < -0.39 is 5.91 Å². The Morgan fingerprint density at radius 1 is 0.955 bits per heavy atom. The molecule has 116 valence electrons. The number of carbonyl (C=O) groups is 1. The normalized spacial score (nSPS) is 10.4. The summed E-state index contributed by atoms with van der Waals surface area (Å²) in [5.74, 6) is 0.910. The Bertz CT molecular complexity index is 560. The van der Waals surface area contributed by atoms with Gasteiger partial charge in [-0.25, -0.2) is 5.48 Å². The van der Waals surface area contributed by atoms with Gasteiger partial charge in [0.15, 0.2) is 0 Å². The summed E-state index contributed by atoms with van der Waals surface area (Å²) in [7, 11) is 3.21. The van der Waals surface area contributed by atoms with Gasteiger partial charge in [-0.05, 0) is 35.4 Å². The lowest BCUT2D eigenvalue weighted by atomic mass is 9.88. The SMILES string of the molecule is COc1ccc(C(CC(=O)NO)c2ccc(OC)cc2)cc1. The second kappa shape index (κ2) is 7.47. The molecule has 0 fully saturated rings. The molecule has 0 radical (unpaired) electrons. The number of hydrogen-bond acceptors (Lipinski definition) is 4. The Morgan fingerprint density at radius 3 is 1.68 bits per heavy atom. The number of amides is 1. The largest absolute Gasteiger partial charge is 0.497 e. The molecule has 0 aliphatic heterocycles. The molecule has 5 heteroatoms. The van der Waals surface area contributed by atoms with Crippen molar-refractivity contribution in [3.8, 4) is 11.5 Å². The average molecular weight is 301 g/mol. The van der Waals surface area contributed by atoms with Gasteiger partial charge >= 0.3 is 0 Å². The fraction of sp³-hybridized carbons (Fsp3) is 0.235. The Kier molecular flexibility index (Phi) is 5.38. The van der Waals surface area contributed by atoms with Gasteiger partial charge in [0.2, 0.25) is 5.91 Å². The first-order valence-electron chi connectivity index (χ1n) is 6.88. The van der Waals surface area contributed by atoms with Crippen LogP contribution in [0.3, 0.4) is 0 Å². The number of benzene rings is 2. The van der Waals surface area contributed by atoms with Crippen LogP contribution in [0.25, 0.3) is 0 Å². The Balaban J connectivity index is 2.33. The van der Waals surface area contributed by atoms with Gasteiger partial charge in [0.1, 0.15) is 11.5 Å². The standard InChI is InChI=1S/C17H19NO4/c1-21-14-7-3-12(4-8-14)16(11-17(19)18-20)13-5-9-15(22-2)10-6-13/h3-10,16,20H,11H2,1-2H3,(H,18,19). The minimum absolute atomic E-state index is 0.148. The summed E-state index contributed by atoms with van der Waals surface area (Å²) in [6.45, 7) is 0. The van der Waals surface area contributed by atoms with Crippen LogP contribution < -0.4 is 15.0 Å². The molecular weight excluding hydrogens is 282 g/mol. The van der Waals surface area contributed by atoms with E-state index >= 15 is 0 Å². The predicted molar refractivity (Wildman–Crippen MR) is 82.4 cm³/mol. The van der Waals surface area contributed by atoms with Crippen molar-refractivity contribution in [2.24, 2.45) is 0 Å². The summed E-state index contributed by atoms with van der Waals surface area (Å²) < 4.78 is 10.3. The summed E-state index contributed by atoms with van der Waals surface area (Å²) in [5.41, 5.74) is 3.63. The fourth-order valence-electron chi connectivity index (χ4n) is 2.33. The van der Waals surface area contributed by atoms with Crippen molar-refractivity contribution in [1.82, 2.24) is 5.48 Å². The topological polar surface area (TPSA) is 67.8 Å². The Hall–Kier alpha value is -2.53. The Morgan fingerprint density at radius 2 is 1.36 bits per heavy atom. The molecule has 22 heavy (non-hydrogen) atoms. The monoisotopic (exact) mass is 301 g/mol. The molecule has 2 N–H and O–H groups in total. The molecule has 0 bridgehead atoms. The van der Waals surface area contributed by atoms with Crippen molar-refractivity contribution in [2.45, 2.75) is 12.3 Å². The minimum Gasteiger partial charge on any atom is -0.497 e. The number of ether oxygens (including phenoxy) is 2. The van der Waals surface area contributed by atoms with Crippen molar-refractivity contribution >= 4 is 5.91 Å². The smallest absolute Gasteiger partial charge is 0.244 e. The molecular formula is C17H19NO4. The predicted octanol–water partition coefficient (Wildman–Crippen LogP) is 2.73. The van der Waals surface area contributed by atoms with Gasteiger partial charge in [0.25, 0.3) is 0 Å². The highest BCUT2D eigenvalue weighted by molar-refractivity contribution is 5.76. The van der Waals surface area contributed by atoms with Gasteiger partial charge in [-0.1, -0.05) is 24.3 Å². The van der Waals surface area contributed by atoms with Crippen LogP contribution in [0.2, 0.25) is 0 Å². The third kappa shape index (κ3) is 3.77. The van der Waals surface area contributed by atoms with Crippen molar-refractivity contribution in [3.05, 3.63) is 59.7 Å². The van der Waals surface area contributed by atoms with Gasteiger partial charge in [0, 0.05) is 12.3 Å². The van der Waals surface area contributed by atoms with E-state index in [1.54, 1.807) is 19.7 Å². The van der Waals surface area contributed by atoms with E-state index in [0.29, 0.717) is 0 Å². The highest BCUT2D eigenvalue weighted by Crippen LogP contribution is 2.30. The maximum absolute atomic E-state index is 11.6. The molecule has 0 aliphatic rings. The molecule has 0 saturated heterocycles. The first-order chi connectivity index (χ1) is 10.7. The quantitative estimate of drug-likeness (QED) is 0.636. The molecule has 0 saturated carbocycles. The highest BCUT2D eigenvalue weighted by Gasteiger charge is 2.18. The van der Waals surface area contributed by atoms with Crippen molar-refractivity contribution in [1.29, 1.82) is 0 Å². The van der Waals surface area contributed by atoms with E-state index in [0.717, 1.165) is 22.6 Å². The molecule has 0 spiro atoms. The van der Waals surface area contributed by atoms with Crippen LogP contribution in [-0.2, 0) is 4.79 Å². The van der Waals surface area contributed by atoms with Gasteiger partial charge in [-0.15, -0.1) is 0 Å². The number of nitrogens with one attached hydrogen (secondary N) is 1. The second-order valence-electron chi connectivity index (χ2n) is 4.84. The number of hydrogen-bond donors (Lipinski definition) is 2. The van der Waals surface area contributed by atoms with E-state index in [4.69, 9.17) is 14.7 Å². The number of carbonyl (C=O) groups excluding carboxylic acids is 1. The van der Waals surface area contributed by atoms with E-state index in [2.05, 4.69) is 0 Å². The summed E-state index contributed by atoms with van der Waals surface area (Å²) >= 11 is 0. The minimum atomic E-state index is -0.434. The first kappa shape index (κ1) is 15.9. The lowest BCUT2D eigenvalue weighted by molar-refractivity contribution is -0.129. The van der Waals surface area contributed by atoms with Crippen molar-refractivity contribution in [3.63, 3.8) is 0 Å². The summed E-state index contributed by atoms with van der Waals surface area (Å²) in [4.78, 5) is 11.6. The van der Waals surface area contributed by atoms with Crippen LogP contribution >= 0.6 is 0 Å². The number of rotatable bonds is 6. The van der Waals surface area contributed by atoms with Crippen LogP contribution in [0.15, 0.2) is 48.5 Å². The first-order valence-corrected chi connectivity index (χ1v) is 6.88. The maximum atomic E-state index is 11.6. The molecule has 0 atom stereocenters. The molecule has 2 aromatic rings. The van der Waals surface area contributed by atoms with Crippen LogP contribution in [0, 0.1) is 0 Å². The maximum Gasteiger partial charge on any atom is 0.244 e. The lowest BCUT2D eigenvalue weighted by Gasteiger charge is -2.18. The van der Waals surface area contributed by atoms with Gasteiger partial charge in [-0.2, -0.15) is 0 Å². The molecule has 0 aliphatic carbocycles. The third-order valence-corrected chi connectivity index (χ3v) is 3.55. The molecule has 0 unspecified atom stereocenters. The van der Waals surface area contributed by atoms with Crippen molar-refractivity contribution < 1.29 is 19.5 Å². The third-order valence-electron chi connectivity index (χ3n) is 3.55.